The molecule has 0 amide bonds. The Kier molecular flexibility index (Phi) is 5.59. The van der Waals surface area contributed by atoms with E-state index in [4.69, 9.17) is 4.74 Å². The van der Waals surface area contributed by atoms with E-state index in [0.717, 1.165) is 41.3 Å². The Morgan fingerprint density at radius 2 is 1.90 bits per heavy atom. The summed E-state index contributed by atoms with van der Waals surface area (Å²) in [5.74, 6) is 0.642. The first-order valence-corrected chi connectivity index (χ1v) is 11.8. The second-order valence-electron chi connectivity index (χ2n) is 7.45. The summed E-state index contributed by atoms with van der Waals surface area (Å²) in [6.45, 7) is 2.03. The van der Waals surface area contributed by atoms with E-state index in [1.165, 1.54) is 0 Å². The van der Waals surface area contributed by atoms with Crippen molar-refractivity contribution in [3.05, 3.63) is 46.9 Å². The van der Waals surface area contributed by atoms with E-state index < -0.39 is 9.84 Å². The molecule has 1 saturated heterocycles. The van der Waals surface area contributed by atoms with Crippen molar-refractivity contribution in [3.63, 3.8) is 0 Å². The number of hydrogen-bond donors (Lipinski definition) is 2. The standard InChI is InChI=1S/C21H24BrN3O3S/c1-25-9-7-16(8-10-25)23-19-13-17(4-6-20(19)28-2)29(26,27)21-12-14-11-15(22)3-5-18(14)24-21/h3-6,11-13,16,23-24H,7-10H2,1-2H3. The molecule has 0 bridgehead atoms. The molecule has 0 unspecified atom stereocenters. The van der Waals surface area contributed by atoms with Crippen molar-refractivity contribution in [2.24, 2.45) is 0 Å². The topological polar surface area (TPSA) is 74.4 Å². The van der Waals surface area contributed by atoms with Crippen LogP contribution in [0.15, 0.2) is 56.9 Å². The molecule has 6 nitrogen and oxygen atoms in total. The summed E-state index contributed by atoms with van der Waals surface area (Å²) in [5, 5.41) is 4.51. The number of fused-ring (bicyclic) bond motifs is 1. The van der Waals surface area contributed by atoms with Crippen molar-refractivity contribution in [2.75, 3.05) is 32.6 Å². The van der Waals surface area contributed by atoms with Gasteiger partial charge in [0.2, 0.25) is 9.84 Å². The summed E-state index contributed by atoms with van der Waals surface area (Å²) >= 11 is 3.42. The second-order valence-corrected chi connectivity index (χ2v) is 10.3. The molecule has 29 heavy (non-hydrogen) atoms. The summed E-state index contributed by atoms with van der Waals surface area (Å²) in [6, 6.07) is 12.6. The van der Waals surface area contributed by atoms with Crippen LogP contribution in [0.25, 0.3) is 10.9 Å². The Morgan fingerprint density at radius 3 is 2.62 bits per heavy atom. The summed E-state index contributed by atoms with van der Waals surface area (Å²) in [5.41, 5.74) is 1.49. The smallest absolute Gasteiger partial charge is 0.221 e. The SMILES string of the molecule is COc1ccc(S(=O)(=O)c2cc3cc(Br)ccc3[nH]2)cc1NC1CCN(C)CC1. The minimum Gasteiger partial charge on any atom is -0.495 e. The van der Waals surface area contributed by atoms with E-state index in [1.807, 2.05) is 18.2 Å². The number of benzene rings is 2. The maximum absolute atomic E-state index is 13.3. The average molecular weight is 478 g/mol. The van der Waals surface area contributed by atoms with E-state index in [-0.39, 0.29) is 9.92 Å². The number of hydrogen-bond acceptors (Lipinski definition) is 5. The highest BCUT2D eigenvalue weighted by atomic mass is 79.9. The minimum atomic E-state index is -3.69. The van der Waals surface area contributed by atoms with Gasteiger partial charge >= 0.3 is 0 Å². The Balaban J connectivity index is 1.67. The second kappa shape index (κ2) is 8.01. The van der Waals surface area contributed by atoms with Gasteiger partial charge in [-0.15, -0.1) is 0 Å². The summed E-state index contributed by atoms with van der Waals surface area (Å²) in [6.07, 6.45) is 2.01. The number of halogens is 1. The zero-order valence-electron chi connectivity index (χ0n) is 16.4. The summed E-state index contributed by atoms with van der Waals surface area (Å²) < 4.78 is 32.9. The van der Waals surface area contributed by atoms with E-state index in [2.05, 4.69) is 38.2 Å². The largest absolute Gasteiger partial charge is 0.495 e. The zero-order chi connectivity index (χ0) is 20.6. The lowest BCUT2D eigenvalue weighted by atomic mass is 10.1. The Labute approximate surface area is 179 Å². The Bertz CT molecular complexity index is 1140. The molecule has 1 aliphatic rings. The highest BCUT2D eigenvalue weighted by Crippen LogP contribution is 2.33. The average Bonchev–Trinajstić information content (AvgIpc) is 3.13. The third-order valence-electron chi connectivity index (χ3n) is 5.41. The lowest BCUT2D eigenvalue weighted by molar-refractivity contribution is 0.263. The molecule has 2 aromatic carbocycles. The Hall–Kier alpha value is -2.03. The molecule has 1 fully saturated rings. The van der Waals surface area contributed by atoms with Crippen molar-refractivity contribution in [1.82, 2.24) is 9.88 Å². The molecule has 0 aliphatic carbocycles. The number of H-pyrrole nitrogens is 1. The predicted molar refractivity (Wildman–Crippen MR) is 119 cm³/mol. The Morgan fingerprint density at radius 1 is 1.14 bits per heavy atom. The van der Waals surface area contributed by atoms with Gasteiger partial charge in [-0.3, -0.25) is 0 Å². The molecule has 154 valence electrons. The van der Waals surface area contributed by atoms with Crippen LogP contribution in [0.2, 0.25) is 0 Å². The molecule has 1 aromatic heterocycles. The van der Waals surface area contributed by atoms with Crippen molar-refractivity contribution >= 4 is 42.4 Å². The molecule has 0 atom stereocenters. The molecule has 2 N–H and O–H groups in total. The number of nitrogens with one attached hydrogen (secondary N) is 2. The van der Waals surface area contributed by atoms with E-state index in [0.29, 0.717) is 17.5 Å². The zero-order valence-corrected chi connectivity index (χ0v) is 18.8. The number of nitrogens with zero attached hydrogens (tertiary/aromatic N) is 1. The van der Waals surface area contributed by atoms with Gasteiger partial charge in [0.15, 0.2) is 0 Å². The minimum absolute atomic E-state index is 0.181. The van der Waals surface area contributed by atoms with E-state index >= 15 is 0 Å². The van der Waals surface area contributed by atoms with Gasteiger partial charge in [-0.1, -0.05) is 15.9 Å². The first-order valence-electron chi connectivity index (χ1n) is 9.53. The third kappa shape index (κ3) is 4.15. The van der Waals surface area contributed by atoms with Crippen molar-refractivity contribution < 1.29 is 13.2 Å². The van der Waals surface area contributed by atoms with Gasteiger partial charge in [0, 0.05) is 21.4 Å². The van der Waals surface area contributed by atoms with E-state index in [9.17, 15) is 8.42 Å². The summed E-state index contributed by atoms with van der Waals surface area (Å²) in [4.78, 5) is 5.56. The van der Waals surface area contributed by atoms with Crippen LogP contribution in [0.4, 0.5) is 5.69 Å². The maximum atomic E-state index is 13.3. The number of methoxy groups -OCH3 is 1. The lowest BCUT2D eigenvalue weighted by Gasteiger charge is -2.30. The molecule has 0 saturated carbocycles. The first kappa shape index (κ1) is 20.3. The van der Waals surface area contributed by atoms with Gasteiger partial charge < -0.3 is 19.9 Å². The van der Waals surface area contributed by atoms with Crippen LogP contribution < -0.4 is 10.1 Å². The highest BCUT2D eigenvalue weighted by molar-refractivity contribution is 9.10. The van der Waals surface area contributed by atoms with Crippen LogP contribution in [0, 0.1) is 0 Å². The molecule has 3 aromatic rings. The normalized spacial score (nSPS) is 16.2. The van der Waals surface area contributed by atoms with Crippen LogP contribution in [0.3, 0.4) is 0 Å². The van der Waals surface area contributed by atoms with Crippen molar-refractivity contribution in [1.29, 1.82) is 0 Å². The molecule has 0 radical (unpaired) electrons. The number of anilines is 1. The maximum Gasteiger partial charge on any atom is 0.221 e. The molecular formula is C21H24BrN3O3S. The van der Waals surface area contributed by atoms with Gasteiger partial charge in [0.05, 0.1) is 17.7 Å². The van der Waals surface area contributed by atoms with Crippen LogP contribution >= 0.6 is 15.9 Å². The van der Waals surface area contributed by atoms with Gasteiger partial charge in [-0.05, 0) is 75.4 Å². The number of aromatic amines is 1. The fraction of sp³-hybridized carbons (Fsp3) is 0.333. The monoisotopic (exact) mass is 477 g/mol. The van der Waals surface area contributed by atoms with Gasteiger partial charge in [-0.25, -0.2) is 8.42 Å². The first-order chi connectivity index (χ1) is 13.9. The number of rotatable bonds is 5. The van der Waals surface area contributed by atoms with Gasteiger partial charge in [0.1, 0.15) is 10.8 Å². The van der Waals surface area contributed by atoms with Gasteiger partial charge in [-0.2, -0.15) is 0 Å². The van der Waals surface area contributed by atoms with Gasteiger partial charge in [0.25, 0.3) is 0 Å². The van der Waals surface area contributed by atoms with Crippen LogP contribution in [-0.4, -0.2) is 51.6 Å². The highest BCUT2D eigenvalue weighted by Gasteiger charge is 2.23. The number of ether oxygens (including phenoxy) is 1. The number of sulfone groups is 1. The fourth-order valence-corrected chi connectivity index (χ4v) is 5.37. The summed E-state index contributed by atoms with van der Waals surface area (Å²) in [7, 11) is 0.0247. The molecular weight excluding hydrogens is 454 g/mol. The number of piperidine rings is 1. The van der Waals surface area contributed by atoms with Crippen molar-refractivity contribution in [3.8, 4) is 5.75 Å². The third-order valence-corrected chi connectivity index (χ3v) is 7.57. The van der Waals surface area contributed by atoms with Crippen molar-refractivity contribution in [2.45, 2.75) is 28.8 Å². The molecule has 0 spiro atoms. The fourth-order valence-electron chi connectivity index (χ4n) is 3.69. The number of aromatic nitrogens is 1. The quantitative estimate of drug-likeness (QED) is 0.573. The molecule has 2 heterocycles. The molecule has 4 rings (SSSR count). The van der Waals surface area contributed by atoms with Crippen LogP contribution in [0.5, 0.6) is 5.75 Å². The molecule has 1 aliphatic heterocycles. The lowest BCUT2D eigenvalue weighted by Crippen LogP contribution is -2.36. The van der Waals surface area contributed by atoms with Crippen LogP contribution in [-0.2, 0) is 9.84 Å². The van der Waals surface area contributed by atoms with E-state index in [1.54, 1.807) is 31.4 Å². The van der Waals surface area contributed by atoms with Crippen LogP contribution in [0.1, 0.15) is 12.8 Å². The number of likely N-dealkylation sites (tertiary alicyclic amines) is 1. The molecule has 8 heteroatoms. The predicted octanol–water partition coefficient (Wildman–Crippen LogP) is 4.28.